The van der Waals surface area contributed by atoms with Crippen LogP contribution in [-0.4, -0.2) is 32.2 Å². The van der Waals surface area contributed by atoms with Crippen molar-refractivity contribution in [3.05, 3.63) is 52.3 Å². The van der Waals surface area contributed by atoms with Crippen molar-refractivity contribution >= 4 is 28.3 Å². The molecule has 4 rings (SSSR count). The third-order valence-corrected chi connectivity index (χ3v) is 5.87. The Kier molecular flexibility index (Phi) is 5.94. The van der Waals surface area contributed by atoms with E-state index in [2.05, 4.69) is 20.8 Å². The van der Waals surface area contributed by atoms with Crippen molar-refractivity contribution in [2.24, 2.45) is 0 Å². The normalized spacial score (nSPS) is 11.5. The predicted molar refractivity (Wildman–Crippen MR) is 118 cm³/mol. The lowest BCUT2D eigenvalue weighted by molar-refractivity contribution is 0.0954. The number of nitrogens with one attached hydrogen (secondary N) is 1. The molecule has 7 nitrogen and oxygen atoms in total. The SMILES string of the molecule is Cc1csc(CCCCNC(=O)c2cc(-c3ccco3)nc3c2cnn3C(C)C)n1. The molecule has 0 aliphatic heterocycles. The van der Waals surface area contributed by atoms with E-state index in [1.165, 1.54) is 0 Å². The van der Waals surface area contributed by atoms with Crippen LogP contribution in [0.5, 0.6) is 0 Å². The molecule has 30 heavy (non-hydrogen) atoms. The number of aromatic nitrogens is 4. The zero-order chi connectivity index (χ0) is 21.1. The number of thiazole rings is 1. The molecular formula is C22H25N5O2S. The highest BCUT2D eigenvalue weighted by Gasteiger charge is 2.19. The zero-order valence-electron chi connectivity index (χ0n) is 17.4. The van der Waals surface area contributed by atoms with Crippen molar-refractivity contribution in [1.29, 1.82) is 0 Å². The molecular weight excluding hydrogens is 398 g/mol. The molecule has 1 N–H and O–H groups in total. The fraction of sp³-hybridized carbons (Fsp3) is 0.364. The highest BCUT2D eigenvalue weighted by Crippen LogP contribution is 2.26. The first-order valence-corrected chi connectivity index (χ1v) is 11.0. The Labute approximate surface area is 179 Å². The van der Waals surface area contributed by atoms with Crippen LogP contribution in [0.3, 0.4) is 0 Å². The quantitative estimate of drug-likeness (QED) is 0.412. The molecule has 0 saturated heterocycles. The number of unbranched alkanes of at least 4 members (excludes halogenated alkanes) is 1. The topological polar surface area (TPSA) is 85.8 Å². The number of carbonyl (C=O) groups excluding carboxylic acids is 1. The molecule has 1 amide bonds. The Morgan fingerprint density at radius 3 is 2.87 bits per heavy atom. The number of fused-ring (bicyclic) bond motifs is 1. The van der Waals surface area contributed by atoms with E-state index in [0.29, 0.717) is 29.2 Å². The maximum atomic E-state index is 13.0. The van der Waals surface area contributed by atoms with Crippen LogP contribution in [0.1, 0.15) is 53.8 Å². The van der Waals surface area contributed by atoms with Crippen molar-refractivity contribution in [2.45, 2.75) is 46.1 Å². The number of furan rings is 1. The van der Waals surface area contributed by atoms with E-state index in [0.717, 1.165) is 35.4 Å². The van der Waals surface area contributed by atoms with Gasteiger partial charge >= 0.3 is 0 Å². The van der Waals surface area contributed by atoms with Crippen molar-refractivity contribution in [3.63, 3.8) is 0 Å². The van der Waals surface area contributed by atoms with Gasteiger partial charge in [-0.15, -0.1) is 11.3 Å². The van der Waals surface area contributed by atoms with Gasteiger partial charge in [0.1, 0.15) is 5.69 Å². The van der Waals surface area contributed by atoms with Gasteiger partial charge in [0, 0.05) is 23.7 Å². The van der Waals surface area contributed by atoms with E-state index in [-0.39, 0.29) is 11.9 Å². The number of carbonyl (C=O) groups is 1. The second-order valence-corrected chi connectivity index (χ2v) is 8.49. The largest absolute Gasteiger partial charge is 0.463 e. The maximum Gasteiger partial charge on any atom is 0.252 e. The van der Waals surface area contributed by atoms with Crippen molar-refractivity contribution < 1.29 is 9.21 Å². The Bertz CT molecular complexity index is 1140. The Hall–Kier alpha value is -3.00. The first-order valence-electron chi connectivity index (χ1n) is 10.1. The number of rotatable bonds is 8. The number of hydrogen-bond donors (Lipinski definition) is 1. The summed E-state index contributed by atoms with van der Waals surface area (Å²) in [5.74, 6) is 0.504. The first kappa shape index (κ1) is 20.3. The highest BCUT2D eigenvalue weighted by atomic mass is 32.1. The molecule has 0 aromatic carbocycles. The van der Waals surface area contributed by atoms with E-state index >= 15 is 0 Å². The molecule has 156 valence electrons. The van der Waals surface area contributed by atoms with Crippen molar-refractivity contribution in [3.8, 4) is 11.5 Å². The maximum absolute atomic E-state index is 13.0. The lowest BCUT2D eigenvalue weighted by Crippen LogP contribution is -2.25. The van der Waals surface area contributed by atoms with Crippen LogP contribution in [0.25, 0.3) is 22.5 Å². The second kappa shape index (κ2) is 8.79. The minimum Gasteiger partial charge on any atom is -0.463 e. The number of nitrogens with zero attached hydrogens (tertiary/aromatic N) is 4. The zero-order valence-corrected chi connectivity index (χ0v) is 18.2. The third kappa shape index (κ3) is 4.28. The smallest absolute Gasteiger partial charge is 0.252 e. The van der Waals surface area contributed by atoms with E-state index < -0.39 is 0 Å². The summed E-state index contributed by atoms with van der Waals surface area (Å²) in [6.45, 7) is 6.70. The summed E-state index contributed by atoms with van der Waals surface area (Å²) in [4.78, 5) is 22.2. The minimum atomic E-state index is -0.122. The van der Waals surface area contributed by atoms with Crippen LogP contribution in [0.4, 0.5) is 0 Å². The van der Waals surface area contributed by atoms with E-state index in [1.54, 1.807) is 29.9 Å². The van der Waals surface area contributed by atoms with Gasteiger partial charge in [0.15, 0.2) is 11.4 Å². The predicted octanol–water partition coefficient (Wildman–Crippen LogP) is 4.79. The van der Waals surface area contributed by atoms with Crippen LogP contribution in [0.15, 0.2) is 40.5 Å². The molecule has 0 spiro atoms. The molecule has 0 unspecified atom stereocenters. The van der Waals surface area contributed by atoms with Gasteiger partial charge in [-0.25, -0.2) is 14.6 Å². The summed E-state index contributed by atoms with van der Waals surface area (Å²) in [7, 11) is 0. The number of aryl methyl sites for hydroxylation is 2. The molecule has 0 fully saturated rings. The Morgan fingerprint density at radius 1 is 1.30 bits per heavy atom. The van der Waals surface area contributed by atoms with Crippen LogP contribution in [0, 0.1) is 6.92 Å². The van der Waals surface area contributed by atoms with Gasteiger partial charge in [0.05, 0.1) is 28.4 Å². The summed E-state index contributed by atoms with van der Waals surface area (Å²) in [5, 5.41) is 11.5. The molecule has 4 heterocycles. The molecule has 8 heteroatoms. The summed E-state index contributed by atoms with van der Waals surface area (Å²) < 4.78 is 7.34. The van der Waals surface area contributed by atoms with Gasteiger partial charge < -0.3 is 9.73 Å². The van der Waals surface area contributed by atoms with Crippen molar-refractivity contribution in [2.75, 3.05) is 6.54 Å². The molecule has 0 atom stereocenters. The summed E-state index contributed by atoms with van der Waals surface area (Å²) in [6, 6.07) is 5.56. The monoisotopic (exact) mass is 423 g/mol. The fourth-order valence-electron chi connectivity index (χ4n) is 3.35. The molecule has 0 aliphatic rings. The number of pyridine rings is 1. The van der Waals surface area contributed by atoms with Crippen LogP contribution >= 0.6 is 11.3 Å². The lowest BCUT2D eigenvalue weighted by atomic mass is 10.1. The second-order valence-electron chi connectivity index (χ2n) is 7.55. The van der Waals surface area contributed by atoms with Crippen LogP contribution in [-0.2, 0) is 6.42 Å². The van der Waals surface area contributed by atoms with Gasteiger partial charge in [-0.2, -0.15) is 5.10 Å². The van der Waals surface area contributed by atoms with E-state index in [9.17, 15) is 4.79 Å². The van der Waals surface area contributed by atoms with E-state index in [1.807, 2.05) is 37.6 Å². The van der Waals surface area contributed by atoms with Gasteiger partial charge in [-0.1, -0.05) is 0 Å². The number of amides is 1. The van der Waals surface area contributed by atoms with Gasteiger partial charge in [0.2, 0.25) is 0 Å². The van der Waals surface area contributed by atoms with Gasteiger partial charge in [-0.05, 0) is 58.2 Å². The first-order chi connectivity index (χ1) is 14.5. The van der Waals surface area contributed by atoms with Gasteiger partial charge in [0.25, 0.3) is 5.91 Å². The lowest BCUT2D eigenvalue weighted by Gasteiger charge is -2.10. The summed E-state index contributed by atoms with van der Waals surface area (Å²) >= 11 is 1.69. The molecule has 0 saturated carbocycles. The minimum absolute atomic E-state index is 0.122. The average Bonchev–Trinajstić information content (AvgIpc) is 3.47. The molecule has 0 aliphatic carbocycles. The third-order valence-electron chi connectivity index (χ3n) is 4.84. The molecule has 0 radical (unpaired) electrons. The van der Waals surface area contributed by atoms with Crippen LogP contribution in [0.2, 0.25) is 0 Å². The number of hydrogen-bond acceptors (Lipinski definition) is 6. The molecule has 4 aromatic heterocycles. The summed E-state index contributed by atoms with van der Waals surface area (Å²) in [6.07, 6.45) is 6.15. The van der Waals surface area contributed by atoms with Crippen molar-refractivity contribution in [1.82, 2.24) is 25.1 Å². The van der Waals surface area contributed by atoms with Gasteiger partial charge in [-0.3, -0.25) is 4.79 Å². The molecule has 0 bridgehead atoms. The van der Waals surface area contributed by atoms with E-state index in [4.69, 9.17) is 9.40 Å². The fourth-order valence-corrected chi connectivity index (χ4v) is 4.17. The Morgan fingerprint density at radius 2 is 2.17 bits per heavy atom. The highest BCUT2D eigenvalue weighted by molar-refractivity contribution is 7.09. The molecule has 4 aromatic rings. The average molecular weight is 424 g/mol. The van der Waals surface area contributed by atoms with Crippen LogP contribution < -0.4 is 5.32 Å². The standard InChI is InChI=1S/C22H25N5O2S/c1-14(2)27-21-17(12-24-27)16(11-18(26-21)19-7-6-10-29-19)22(28)23-9-5-4-8-20-25-15(3)13-30-20/h6-7,10-14H,4-5,8-9H2,1-3H3,(H,23,28). The summed E-state index contributed by atoms with van der Waals surface area (Å²) in [5.41, 5.74) is 2.94. The Balaban J connectivity index is 1.49.